The van der Waals surface area contributed by atoms with Crippen LogP contribution in [0.4, 0.5) is 10.1 Å². The monoisotopic (exact) mass is 359 g/mol. The van der Waals surface area contributed by atoms with Gasteiger partial charge in [0.05, 0.1) is 0 Å². The van der Waals surface area contributed by atoms with Crippen LogP contribution in [0.1, 0.15) is 19.3 Å². The van der Waals surface area contributed by atoms with E-state index >= 15 is 0 Å². The number of carbonyl (C=O) groups is 1. The number of hydrogen-bond acceptors (Lipinski definition) is 3. The van der Waals surface area contributed by atoms with Crippen LogP contribution >= 0.6 is 24.6 Å². The third-order valence-electron chi connectivity index (χ3n) is 4.01. The van der Waals surface area contributed by atoms with E-state index in [0.29, 0.717) is 6.42 Å². The van der Waals surface area contributed by atoms with E-state index in [-0.39, 0.29) is 24.3 Å². The van der Waals surface area contributed by atoms with Gasteiger partial charge in [-0.15, -0.1) is 12.4 Å². The van der Waals surface area contributed by atoms with Gasteiger partial charge in [-0.25, -0.2) is 4.39 Å². The maximum Gasteiger partial charge on any atom is 0.169 e. The van der Waals surface area contributed by atoms with Crippen molar-refractivity contribution in [2.24, 2.45) is 0 Å². The fourth-order valence-electron chi connectivity index (χ4n) is 2.84. The summed E-state index contributed by atoms with van der Waals surface area (Å²) < 4.78 is 13.1. The summed E-state index contributed by atoms with van der Waals surface area (Å²) in [5, 5.41) is 3.78. The molecule has 23 heavy (non-hydrogen) atoms. The van der Waals surface area contributed by atoms with Gasteiger partial charge in [-0.2, -0.15) is 0 Å². The van der Waals surface area contributed by atoms with Crippen LogP contribution in [0.3, 0.4) is 0 Å². The normalized spacial score (nSPS) is 17.4. The first-order valence-corrected chi connectivity index (χ1v) is 7.99. The molecule has 0 bridgehead atoms. The maximum atomic E-state index is 13.1. The minimum absolute atomic E-state index is 0. The zero-order valence-electron chi connectivity index (χ0n) is 13.2. The number of rotatable bonds is 5. The van der Waals surface area contributed by atoms with Crippen molar-refractivity contribution in [3.05, 3.63) is 30.1 Å². The molecule has 1 N–H and O–H groups in total. The number of hydrogen-bond donors (Lipinski definition) is 1. The van der Waals surface area contributed by atoms with Gasteiger partial charge in [0, 0.05) is 44.8 Å². The molecule has 0 amide bonds. The van der Waals surface area contributed by atoms with Crippen LogP contribution in [0.15, 0.2) is 24.3 Å². The van der Waals surface area contributed by atoms with Gasteiger partial charge >= 0.3 is 0 Å². The van der Waals surface area contributed by atoms with E-state index in [1.807, 2.05) is 19.2 Å². The largest absolute Gasteiger partial charge is 0.368 e. The summed E-state index contributed by atoms with van der Waals surface area (Å²) in [6, 6.07) is 6.86. The van der Waals surface area contributed by atoms with Crippen LogP contribution in [0.5, 0.6) is 0 Å². The lowest BCUT2D eigenvalue weighted by Crippen LogP contribution is -2.57. The molecule has 0 aromatic heterocycles. The number of thiocarbonyl (C=S) groups is 1. The summed E-state index contributed by atoms with van der Waals surface area (Å²) in [6.07, 6.45) is 3.31. The van der Waals surface area contributed by atoms with E-state index in [1.54, 1.807) is 0 Å². The molecule has 2 rings (SSSR count). The number of piperazine rings is 1. The molecule has 1 saturated heterocycles. The Bertz CT molecular complexity index is 515. The lowest BCUT2D eigenvalue weighted by Gasteiger charge is -2.43. The average molecular weight is 360 g/mol. The maximum absolute atomic E-state index is 13.1. The molecule has 4 nitrogen and oxygen atoms in total. The highest BCUT2D eigenvalue weighted by Gasteiger charge is 2.28. The van der Waals surface area contributed by atoms with Crippen molar-refractivity contribution in [1.29, 1.82) is 0 Å². The Morgan fingerprint density at radius 1 is 1.39 bits per heavy atom. The van der Waals surface area contributed by atoms with Gasteiger partial charge in [-0.05, 0) is 49.3 Å². The molecule has 128 valence electrons. The molecule has 1 unspecified atom stereocenters. The Balaban J connectivity index is 0.00000264. The second-order valence-electron chi connectivity index (χ2n) is 5.42. The third-order valence-corrected chi connectivity index (χ3v) is 4.45. The predicted molar refractivity (Wildman–Crippen MR) is 97.9 cm³/mol. The van der Waals surface area contributed by atoms with Crippen LogP contribution in [0, 0.1) is 5.82 Å². The van der Waals surface area contributed by atoms with E-state index in [9.17, 15) is 9.18 Å². The number of benzene rings is 1. The van der Waals surface area contributed by atoms with E-state index in [4.69, 9.17) is 12.2 Å². The van der Waals surface area contributed by atoms with Crippen molar-refractivity contribution in [1.82, 2.24) is 10.2 Å². The number of carbonyl (C=O) groups excluding carboxylic acids is 1. The van der Waals surface area contributed by atoms with Crippen LogP contribution in [-0.2, 0) is 4.79 Å². The third kappa shape index (κ3) is 5.32. The highest BCUT2D eigenvalue weighted by atomic mass is 35.5. The van der Waals surface area contributed by atoms with Crippen molar-refractivity contribution in [3.63, 3.8) is 0 Å². The van der Waals surface area contributed by atoms with E-state index in [1.165, 1.54) is 12.1 Å². The topological polar surface area (TPSA) is 35.6 Å². The lowest BCUT2D eigenvalue weighted by molar-refractivity contribution is -0.108. The average Bonchev–Trinajstić information content (AvgIpc) is 2.55. The first-order valence-electron chi connectivity index (χ1n) is 7.58. The van der Waals surface area contributed by atoms with Crippen molar-refractivity contribution < 1.29 is 9.18 Å². The summed E-state index contributed by atoms with van der Waals surface area (Å²) in [7, 11) is 1.83. The molecule has 1 atom stereocenters. The van der Waals surface area contributed by atoms with Gasteiger partial charge in [0.15, 0.2) is 5.11 Å². The lowest BCUT2D eigenvalue weighted by atomic mass is 10.0. The summed E-state index contributed by atoms with van der Waals surface area (Å²) in [5.74, 6) is -0.221. The van der Waals surface area contributed by atoms with Crippen molar-refractivity contribution in [2.75, 3.05) is 31.6 Å². The van der Waals surface area contributed by atoms with Crippen LogP contribution in [0.2, 0.25) is 0 Å². The highest BCUT2D eigenvalue weighted by Crippen LogP contribution is 2.22. The molecule has 0 saturated carbocycles. The molecule has 7 heteroatoms. The first kappa shape index (κ1) is 19.6. The zero-order valence-corrected chi connectivity index (χ0v) is 14.8. The van der Waals surface area contributed by atoms with Gasteiger partial charge < -0.3 is 19.9 Å². The minimum atomic E-state index is -0.221. The fraction of sp³-hybridized carbons (Fsp3) is 0.500. The molecule has 1 fully saturated rings. The van der Waals surface area contributed by atoms with Gasteiger partial charge in [0.25, 0.3) is 0 Å². The number of anilines is 1. The second-order valence-corrected chi connectivity index (χ2v) is 5.81. The van der Waals surface area contributed by atoms with E-state index in [0.717, 1.165) is 49.6 Å². The van der Waals surface area contributed by atoms with E-state index in [2.05, 4.69) is 15.1 Å². The molecular weight excluding hydrogens is 337 g/mol. The molecule has 1 aromatic carbocycles. The van der Waals surface area contributed by atoms with Crippen molar-refractivity contribution >= 4 is 41.7 Å². The van der Waals surface area contributed by atoms with Gasteiger partial charge in [0.2, 0.25) is 0 Å². The molecule has 1 aromatic rings. The SMILES string of the molecule is CNC(=S)N1CCN(c2ccc(F)cc2)CC1CCCC=O.Cl. The number of aldehydes is 1. The highest BCUT2D eigenvalue weighted by molar-refractivity contribution is 7.80. The van der Waals surface area contributed by atoms with Gasteiger partial charge in [-0.3, -0.25) is 0 Å². The molecule has 1 aliphatic heterocycles. The molecular formula is C16H23ClFN3OS. The Labute approximate surface area is 148 Å². The van der Waals surface area contributed by atoms with Crippen LogP contribution in [-0.4, -0.2) is 49.0 Å². The quantitative estimate of drug-likeness (QED) is 0.497. The molecule has 0 radical (unpaired) electrons. The van der Waals surface area contributed by atoms with Crippen molar-refractivity contribution in [3.8, 4) is 0 Å². The molecule has 1 aliphatic rings. The minimum Gasteiger partial charge on any atom is -0.368 e. The molecule has 1 heterocycles. The number of nitrogens with one attached hydrogen (secondary N) is 1. The van der Waals surface area contributed by atoms with Crippen molar-refractivity contribution in [2.45, 2.75) is 25.3 Å². The zero-order chi connectivity index (χ0) is 15.9. The number of unbranched alkanes of at least 4 members (excludes halogenated alkanes) is 1. The van der Waals surface area contributed by atoms with Crippen LogP contribution < -0.4 is 10.2 Å². The summed E-state index contributed by atoms with van der Waals surface area (Å²) in [4.78, 5) is 15.0. The van der Waals surface area contributed by atoms with Gasteiger partial charge in [0.1, 0.15) is 12.1 Å². The Kier molecular flexibility index (Phi) is 8.26. The summed E-state index contributed by atoms with van der Waals surface area (Å²) in [5.41, 5.74) is 1.02. The predicted octanol–water partition coefficient (Wildman–Crippen LogP) is 2.61. The van der Waals surface area contributed by atoms with E-state index < -0.39 is 0 Å². The van der Waals surface area contributed by atoms with Gasteiger partial charge in [-0.1, -0.05) is 0 Å². The van der Waals surface area contributed by atoms with Crippen LogP contribution in [0.25, 0.3) is 0 Å². The number of halogens is 2. The molecule has 0 aliphatic carbocycles. The Morgan fingerprint density at radius 2 is 2.09 bits per heavy atom. The first-order chi connectivity index (χ1) is 10.7. The Hall–Kier alpha value is -1.40. The summed E-state index contributed by atoms with van der Waals surface area (Å²) in [6.45, 7) is 2.49. The second kappa shape index (κ2) is 9.67. The summed E-state index contributed by atoms with van der Waals surface area (Å²) >= 11 is 5.38. The Morgan fingerprint density at radius 3 is 2.70 bits per heavy atom. The fourth-order valence-corrected chi connectivity index (χ4v) is 3.08. The molecule has 0 spiro atoms. The smallest absolute Gasteiger partial charge is 0.169 e. The standard InChI is InChI=1S/C16H22FN3OS.ClH/c1-18-16(22)20-10-9-19(12-15(20)4-2-3-11-21)14-7-5-13(17)6-8-14;/h5-8,11,15H,2-4,9-10,12H2,1H3,(H,18,22);1H. The number of nitrogens with zero attached hydrogens (tertiary/aromatic N) is 2.